The third-order valence-electron chi connectivity index (χ3n) is 4.74. The maximum atomic E-state index is 12.7. The number of ether oxygens (including phenoxy) is 3. The van der Waals surface area contributed by atoms with Gasteiger partial charge in [0.15, 0.2) is 6.10 Å². The number of carbonyl (C=O) groups excluding carboxylic acids is 1. The van der Waals surface area contributed by atoms with Crippen molar-refractivity contribution in [1.82, 2.24) is 0 Å². The van der Waals surface area contributed by atoms with E-state index in [1.54, 1.807) is 0 Å². The van der Waals surface area contributed by atoms with Gasteiger partial charge in [0.25, 0.3) is 5.69 Å². The number of nitro benzene ring substituents is 2. The quantitative estimate of drug-likeness (QED) is 0.157. The molecule has 3 rings (SSSR count). The second-order valence-electron chi connectivity index (χ2n) is 7.40. The van der Waals surface area contributed by atoms with Crippen LogP contribution in [0.4, 0.5) is 24.5 Å². The fourth-order valence-corrected chi connectivity index (χ4v) is 2.98. The molecule has 0 bridgehead atoms. The average Bonchev–Trinajstić information content (AvgIpc) is 2.80. The molecule has 0 saturated heterocycles. The van der Waals surface area contributed by atoms with E-state index in [0.29, 0.717) is 6.07 Å². The Hall–Kier alpha value is -4.68. The minimum absolute atomic E-state index is 0.0150. The minimum Gasteiger partial charge on any atom is -0.479 e. The van der Waals surface area contributed by atoms with Crippen LogP contribution in [0.2, 0.25) is 0 Å². The molecule has 0 amide bonds. The highest BCUT2D eigenvalue weighted by molar-refractivity contribution is 5.79. The molecule has 1 atom stereocenters. The number of nitrogens with zero attached hydrogens (tertiary/aromatic N) is 2. The number of esters is 1. The van der Waals surface area contributed by atoms with Crippen molar-refractivity contribution in [3.8, 4) is 23.0 Å². The molecule has 0 spiro atoms. The Kier molecular flexibility index (Phi) is 7.42. The lowest BCUT2D eigenvalue weighted by molar-refractivity contribution is -0.394. The van der Waals surface area contributed by atoms with Crippen molar-refractivity contribution in [2.45, 2.75) is 26.1 Å². The van der Waals surface area contributed by atoms with Gasteiger partial charge in [-0.1, -0.05) is 0 Å². The first kappa shape index (κ1) is 25.9. The lowest BCUT2D eigenvalue weighted by atomic mass is 10.1. The van der Waals surface area contributed by atoms with Gasteiger partial charge in [-0.3, -0.25) is 20.2 Å². The van der Waals surface area contributed by atoms with Gasteiger partial charge in [0.2, 0.25) is 5.75 Å². The molecule has 0 fully saturated rings. The third kappa shape index (κ3) is 6.25. The molecule has 0 N–H and O–H groups in total. The Morgan fingerprint density at radius 1 is 0.889 bits per heavy atom. The summed E-state index contributed by atoms with van der Waals surface area (Å²) in [6.07, 6.45) is -5.68. The van der Waals surface area contributed by atoms with Crippen LogP contribution >= 0.6 is 0 Å². The van der Waals surface area contributed by atoms with Crippen molar-refractivity contribution >= 4 is 17.3 Å². The van der Waals surface area contributed by atoms with Gasteiger partial charge in [0.05, 0.1) is 21.5 Å². The summed E-state index contributed by atoms with van der Waals surface area (Å²) < 4.78 is 54.0. The van der Waals surface area contributed by atoms with Crippen LogP contribution in [0.3, 0.4) is 0 Å². The van der Waals surface area contributed by atoms with E-state index in [9.17, 15) is 38.2 Å². The Morgan fingerprint density at radius 2 is 1.42 bits per heavy atom. The van der Waals surface area contributed by atoms with E-state index in [1.165, 1.54) is 50.2 Å². The van der Waals surface area contributed by atoms with E-state index in [0.717, 1.165) is 18.2 Å². The normalized spacial score (nSPS) is 11.9. The van der Waals surface area contributed by atoms with E-state index >= 15 is 0 Å². The largest absolute Gasteiger partial charge is 0.479 e. The summed E-state index contributed by atoms with van der Waals surface area (Å²) in [5, 5.41) is 22.3. The summed E-state index contributed by atoms with van der Waals surface area (Å²) in [5.74, 6) is -0.760. The average molecular weight is 506 g/mol. The molecule has 0 heterocycles. The monoisotopic (exact) mass is 506 g/mol. The van der Waals surface area contributed by atoms with Gasteiger partial charge in [0.1, 0.15) is 17.2 Å². The summed E-state index contributed by atoms with van der Waals surface area (Å²) in [6.45, 7) is 2.66. The molecule has 0 aliphatic rings. The smallest absolute Gasteiger partial charge is 0.416 e. The van der Waals surface area contributed by atoms with Crippen molar-refractivity contribution < 1.29 is 42.0 Å². The van der Waals surface area contributed by atoms with Crippen LogP contribution in [0.25, 0.3) is 0 Å². The molecule has 188 valence electrons. The molecule has 0 aromatic heterocycles. The van der Waals surface area contributed by atoms with E-state index < -0.39 is 50.8 Å². The third-order valence-corrected chi connectivity index (χ3v) is 4.74. The second-order valence-corrected chi connectivity index (χ2v) is 7.40. The molecule has 3 aromatic carbocycles. The summed E-state index contributed by atoms with van der Waals surface area (Å²) in [6, 6.07) is 11.6. The number of benzene rings is 3. The van der Waals surface area contributed by atoms with Crippen molar-refractivity contribution in [2.75, 3.05) is 0 Å². The molecule has 10 nitrogen and oxygen atoms in total. The number of aryl methyl sites for hydroxylation is 1. The molecule has 3 aromatic rings. The number of rotatable bonds is 8. The van der Waals surface area contributed by atoms with Crippen LogP contribution in [0.5, 0.6) is 23.0 Å². The van der Waals surface area contributed by atoms with Gasteiger partial charge >= 0.3 is 17.8 Å². The zero-order valence-electron chi connectivity index (χ0n) is 18.6. The molecule has 0 aliphatic heterocycles. The summed E-state index contributed by atoms with van der Waals surface area (Å²) in [5.41, 5.74) is -2.07. The fourth-order valence-electron chi connectivity index (χ4n) is 2.98. The first-order valence-electron chi connectivity index (χ1n) is 10.1. The van der Waals surface area contributed by atoms with Gasteiger partial charge < -0.3 is 14.2 Å². The summed E-state index contributed by atoms with van der Waals surface area (Å²) in [7, 11) is 0. The summed E-state index contributed by atoms with van der Waals surface area (Å²) in [4.78, 5) is 33.0. The number of carbonyl (C=O) groups is 1. The first-order valence-corrected chi connectivity index (χ1v) is 10.1. The van der Waals surface area contributed by atoms with Crippen molar-refractivity contribution in [1.29, 1.82) is 0 Å². The highest BCUT2D eigenvalue weighted by Crippen LogP contribution is 2.35. The fraction of sp³-hybridized carbons (Fsp3) is 0.174. The SMILES string of the molecule is Cc1cc([N+](=O)[O-])cc([N+](=O)[O-])c1OC(=O)C(C)Oc1ccc(Oc2ccc(C(F)(F)F)cc2)cc1. The molecule has 1 unspecified atom stereocenters. The second kappa shape index (κ2) is 10.3. The van der Waals surface area contributed by atoms with E-state index in [-0.39, 0.29) is 22.8 Å². The molecule has 0 aliphatic carbocycles. The maximum Gasteiger partial charge on any atom is 0.416 e. The van der Waals surface area contributed by atoms with Gasteiger partial charge in [-0.05, 0) is 62.4 Å². The molecule has 0 saturated carbocycles. The highest BCUT2D eigenvalue weighted by Gasteiger charge is 2.30. The van der Waals surface area contributed by atoms with Gasteiger partial charge in [-0.2, -0.15) is 13.2 Å². The number of hydrogen-bond acceptors (Lipinski definition) is 8. The maximum absolute atomic E-state index is 12.7. The number of alkyl halides is 3. The topological polar surface area (TPSA) is 131 Å². The number of halogens is 3. The highest BCUT2D eigenvalue weighted by atomic mass is 19.4. The number of nitro groups is 2. The standard InChI is InChI=1S/C23H17F3N2O8/c1-13-11-16(27(30)31)12-20(28(32)33)21(13)36-22(29)14(2)34-17-7-9-19(10-8-17)35-18-5-3-15(4-6-18)23(24,25)26/h3-12,14H,1-2H3. The minimum atomic E-state index is -4.46. The van der Waals surface area contributed by atoms with Crippen LogP contribution in [0.1, 0.15) is 18.1 Å². The Bertz CT molecular complexity index is 1290. The summed E-state index contributed by atoms with van der Waals surface area (Å²) >= 11 is 0. The van der Waals surface area contributed by atoms with E-state index in [2.05, 4.69) is 0 Å². The number of non-ortho nitro benzene ring substituents is 1. The van der Waals surface area contributed by atoms with Crippen molar-refractivity contribution in [3.05, 3.63) is 92.0 Å². The molecule has 13 heteroatoms. The Morgan fingerprint density at radius 3 is 1.92 bits per heavy atom. The lowest BCUT2D eigenvalue weighted by Gasteiger charge is -2.15. The predicted octanol–water partition coefficient (Wildman–Crippen LogP) is 6.00. The zero-order valence-corrected chi connectivity index (χ0v) is 18.6. The zero-order chi connectivity index (χ0) is 26.6. The number of hydrogen-bond donors (Lipinski definition) is 0. The first-order chi connectivity index (χ1) is 16.8. The Balaban J connectivity index is 1.66. The van der Waals surface area contributed by atoms with Crippen molar-refractivity contribution in [3.63, 3.8) is 0 Å². The van der Waals surface area contributed by atoms with Gasteiger partial charge in [-0.25, -0.2) is 4.79 Å². The van der Waals surface area contributed by atoms with Crippen LogP contribution in [-0.2, 0) is 11.0 Å². The lowest BCUT2D eigenvalue weighted by Crippen LogP contribution is -2.28. The van der Waals surface area contributed by atoms with E-state index in [4.69, 9.17) is 14.2 Å². The van der Waals surface area contributed by atoms with Crippen LogP contribution in [0, 0.1) is 27.2 Å². The van der Waals surface area contributed by atoms with Crippen molar-refractivity contribution in [2.24, 2.45) is 0 Å². The van der Waals surface area contributed by atoms with Gasteiger partial charge in [-0.15, -0.1) is 0 Å². The van der Waals surface area contributed by atoms with Gasteiger partial charge in [0, 0.05) is 11.6 Å². The van der Waals surface area contributed by atoms with Crippen LogP contribution in [0.15, 0.2) is 60.7 Å². The molecular formula is C23H17F3N2O8. The van der Waals surface area contributed by atoms with E-state index in [1.807, 2.05) is 0 Å². The Labute approximate surface area is 201 Å². The molecule has 0 radical (unpaired) electrons. The predicted molar refractivity (Wildman–Crippen MR) is 118 cm³/mol. The van der Waals surface area contributed by atoms with Crippen LogP contribution < -0.4 is 14.2 Å². The van der Waals surface area contributed by atoms with Crippen LogP contribution in [-0.4, -0.2) is 21.9 Å². The molecular weight excluding hydrogens is 489 g/mol. The molecule has 36 heavy (non-hydrogen) atoms.